The molecule has 2 rings (SSSR count). The minimum atomic E-state index is -2.17. The fraction of sp³-hybridized carbons (Fsp3) is 0.500. The van der Waals surface area contributed by atoms with Gasteiger partial charge in [-0.1, -0.05) is 13.0 Å². The van der Waals surface area contributed by atoms with Crippen molar-refractivity contribution in [3.05, 3.63) is 23.8 Å². The molecular formula is C12H17NO2. The Morgan fingerprint density at radius 2 is 2.40 bits per heavy atom. The Balaban J connectivity index is 2.08. The molecule has 0 saturated heterocycles. The van der Waals surface area contributed by atoms with E-state index in [1.165, 1.54) is 0 Å². The van der Waals surface area contributed by atoms with Crippen LogP contribution >= 0.6 is 0 Å². The van der Waals surface area contributed by atoms with E-state index < -0.39 is 13.7 Å². The molecule has 0 amide bonds. The van der Waals surface area contributed by atoms with Crippen LogP contribution in [0.3, 0.4) is 0 Å². The first-order valence-corrected chi connectivity index (χ1v) is 4.97. The number of likely N-dealkylation sites (N-methyl/N-ethyl adjacent to an activating group) is 1. The molecule has 1 N–H and O–H groups in total. The summed E-state index contributed by atoms with van der Waals surface area (Å²) in [4.78, 5) is 0. The van der Waals surface area contributed by atoms with Crippen LogP contribution in [0.4, 0.5) is 0 Å². The first-order chi connectivity index (χ1) is 9.18. The van der Waals surface area contributed by atoms with Gasteiger partial charge >= 0.3 is 0 Å². The highest BCUT2D eigenvalue weighted by atomic mass is 16.7. The topological polar surface area (TPSA) is 30.5 Å². The van der Waals surface area contributed by atoms with E-state index in [1.54, 1.807) is 18.2 Å². The molecule has 0 saturated carbocycles. The molecule has 1 aromatic rings. The molecule has 3 nitrogen and oxygen atoms in total. The second-order valence-electron chi connectivity index (χ2n) is 3.52. The monoisotopic (exact) mass is 212 g/mol. The summed E-state index contributed by atoms with van der Waals surface area (Å²) in [5, 5.41) is 2.59. The number of fused-ring (bicyclic) bond motifs is 1. The van der Waals surface area contributed by atoms with Crippen LogP contribution in [-0.4, -0.2) is 19.8 Å². The minimum absolute atomic E-state index is 0.181. The summed E-state index contributed by atoms with van der Waals surface area (Å²) >= 11 is 0. The van der Waals surface area contributed by atoms with Crippen LogP contribution in [0.1, 0.15) is 25.8 Å². The molecule has 3 heteroatoms. The number of rotatable bonds is 4. The van der Waals surface area contributed by atoms with Crippen molar-refractivity contribution in [2.45, 2.75) is 25.8 Å². The van der Waals surface area contributed by atoms with E-state index in [0.29, 0.717) is 24.3 Å². The van der Waals surface area contributed by atoms with E-state index in [9.17, 15) is 0 Å². The van der Waals surface area contributed by atoms with Crippen LogP contribution in [0.5, 0.6) is 11.5 Å². The van der Waals surface area contributed by atoms with Gasteiger partial charge in [-0.05, 0) is 37.5 Å². The SMILES string of the molecule is [2H]C([2H])([2H])N[C@@H](CC)Cc1ccc2c(c1)OC([2H])([2H])O2. The second kappa shape index (κ2) is 4.53. The highest BCUT2D eigenvalue weighted by molar-refractivity contribution is 5.44. The highest BCUT2D eigenvalue weighted by Crippen LogP contribution is 2.32. The highest BCUT2D eigenvalue weighted by Gasteiger charge is 2.14. The summed E-state index contributed by atoms with van der Waals surface area (Å²) in [6.07, 6.45) is 1.20. The number of benzene rings is 1. The van der Waals surface area contributed by atoms with Gasteiger partial charge in [0, 0.05) is 10.2 Å². The van der Waals surface area contributed by atoms with Crippen molar-refractivity contribution in [1.29, 1.82) is 0 Å². The van der Waals surface area contributed by atoms with Crippen LogP contribution in [0, 0.1) is 0 Å². The Labute approximate surface area is 97.4 Å². The van der Waals surface area contributed by atoms with Crippen LogP contribution in [0.2, 0.25) is 0 Å². The molecule has 1 aliphatic rings. The van der Waals surface area contributed by atoms with Crippen LogP contribution in [-0.2, 0) is 6.42 Å². The van der Waals surface area contributed by atoms with Crippen molar-refractivity contribution in [1.82, 2.24) is 5.32 Å². The Hall–Kier alpha value is -1.22. The molecule has 1 heterocycles. The normalized spacial score (nSPS) is 24.5. The first kappa shape index (κ1) is 5.75. The summed E-state index contributed by atoms with van der Waals surface area (Å²) in [7, 11) is 0. The molecule has 0 bridgehead atoms. The molecule has 1 aliphatic heterocycles. The van der Waals surface area contributed by atoms with Gasteiger partial charge < -0.3 is 14.8 Å². The molecule has 0 unspecified atom stereocenters. The lowest BCUT2D eigenvalue weighted by Crippen LogP contribution is -2.26. The van der Waals surface area contributed by atoms with E-state index in [2.05, 4.69) is 5.32 Å². The second-order valence-corrected chi connectivity index (χ2v) is 3.52. The zero-order chi connectivity index (χ0) is 15.0. The molecule has 0 fully saturated rings. The van der Waals surface area contributed by atoms with Crippen LogP contribution in [0.15, 0.2) is 18.2 Å². The zero-order valence-electron chi connectivity index (χ0n) is 13.5. The zero-order valence-corrected chi connectivity index (χ0v) is 8.54. The van der Waals surface area contributed by atoms with Crippen molar-refractivity contribution in [3.63, 3.8) is 0 Å². The number of hydrogen-bond donors (Lipinski definition) is 1. The molecule has 15 heavy (non-hydrogen) atoms. The summed E-state index contributed by atoms with van der Waals surface area (Å²) in [5.74, 6) is 0.701. The van der Waals surface area contributed by atoms with Gasteiger partial charge in [0.25, 0.3) is 0 Å². The smallest absolute Gasteiger partial charge is 0.231 e. The van der Waals surface area contributed by atoms with Crippen molar-refractivity contribution in [2.75, 3.05) is 13.7 Å². The fourth-order valence-corrected chi connectivity index (χ4v) is 1.54. The third-order valence-corrected chi connectivity index (χ3v) is 2.49. The Morgan fingerprint density at radius 1 is 1.53 bits per heavy atom. The maximum absolute atomic E-state index is 7.37. The number of hydrogen-bond acceptors (Lipinski definition) is 3. The van der Waals surface area contributed by atoms with Gasteiger partial charge in [0.1, 0.15) is 2.74 Å². The van der Waals surface area contributed by atoms with Crippen molar-refractivity contribution in [2.24, 2.45) is 0 Å². The summed E-state index contributed by atoms with van der Waals surface area (Å²) in [6, 6.07) is 4.93. The standard InChI is InChI=1S/C12H17NO2/c1-3-10(13-2)6-9-4-5-11-12(7-9)15-8-14-11/h4-5,7,10,13H,3,6,8H2,1-2H3/t10-/m0/s1/i2D3,8D2. The molecule has 0 spiro atoms. The van der Waals surface area contributed by atoms with E-state index in [0.717, 1.165) is 5.56 Å². The van der Waals surface area contributed by atoms with E-state index in [1.807, 2.05) is 6.92 Å². The Kier molecular flexibility index (Phi) is 1.74. The average molecular weight is 212 g/mol. The van der Waals surface area contributed by atoms with E-state index in [4.69, 9.17) is 16.3 Å². The van der Waals surface area contributed by atoms with E-state index in [-0.39, 0.29) is 6.04 Å². The van der Waals surface area contributed by atoms with E-state index >= 15 is 0 Å². The Morgan fingerprint density at radius 3 is 3.20 bits per heavy atom. The predicted octanol–water partition coefficient (Wildman–Crippen LogP) is 1.96. The van der Waals surface area contributed by atoms with Gasteiger partial charge in [0.15, 0.2) is 11.5 Å². The predicted molar refractivity (Wildman–Crippen MR) is 59.4 cm³/mol. The first-order valence-electron chi connectivity index (χ1n) is 7.47. The summed E-state index contributed by atoms with van der Waals surface area (Å²) in [6.45, 7) is -2.40. The molecule has 82 valence electrons. The van der Waals surface area contributed by atoms with Crippen LogP contribution in [0.25, 0.3) is 0 Å². The van der Waals surface area contributed by atoms with Crippen molar-refractivity contribution >= 4 is 0 Å². The molecule has 0 aliphatic carbocycles. The fourth-order valence-electron chi connectivity index (χ4n) is 1.54. The molecule has 0 radical (unpaired) electrons. The number of nitrogens with one attached hydrogen (secondary N) is 1. The molecule has 1 atom stereocenters. The van der Waals surface area contributed by atoms with Crippen LogP contribution < -0.4 is 14.8 Å². The lowest BCUT2D eigenvalue weighted by Gasteiger charge is -2.13. The van der Waals surface area contributed by atoms with Crippen molar-refractivity contribution in [3.8, 4) is 11.5 Å². The number of ether oxygens (including phenoxy) is 2. The minimum Gasteiger partial charge on any atom is -0.454 e. The molecular weight excluding hydrogens is 190 g/mol. The van der Waals surface area contributed by atoms with Gasteiger partial charge in [0.05, 0.1) is 0 Å². The third-order valence-electron chi connectivity index (χ3n) is 2.49. The average Bonchev–Trinajstić information content (AvgIpc) is 2.59. The third kappa shape index (κ3) is 2.23. The largest absolute Gasteiger partial charge is 0.454 e. The summed E-state index contributed by atoms with van der Waals surface area (Å²) in [5.41, 5.74) is 0.869. The van der Waals surface area contributed by atoms with Gasteiger partial charge in [-0.25, -0.2) is 0 Å². The molecule has 0 aromatic heterocycles. The summed E-state index contributed by atoms with van der Waals surface area (Å²) < 4.78 is 46.4. The quantitative estimate of drug-likeness (QED) is 0.827. The lowest BCUT2D eigenvalue weighted by atomic mass is 10.0. The van der Waals surface area contributed by atoms with Gasteiger partial charge in [-0.15, -0.1) is 0 Å². The molecule has 1 aromatic carbocycles. The lowest BCUT2D eigenvalue weighted by molar-refractivity contribution is 0.174. The maximum Gasteiger partial charge on any atom is 0.231 e. The van der Waals surface area contributed by atoms with Crippen molar-refractivity contribution < 1.29 is 16.3 Å². The van der Waals surface area contributed by atoms with Gasteiger partial charge in [-0.2, -0.15) is 0 Å². The van der Waals surface area contributed by atoms with Gasteiger partial charge in [0.2, 0.25) is 6.75 Å². The maximum atomic E-state index is 7.37. The Bertz CT molecular complexity index is 489. The van der Waals surface area contributed by atoms with Gasteiger partial charge in [-0.3, -0.25) is 0 Å².